The first-order chi connectivity index (χ1) is 14.0. The van der Waals surface area contributed by atoms with Gasteiger partial charge in [0.2, 0.25) is 17.8 Å². The zero-order chi connectivity index (χ0) is 20.5. The summed E-state index contributed by atoms with van der Waals surface area (Å²) in [4.78, 5) is 28.9. The van der Waals surface area contributed by atoms with Gasteiger partial charge in [0.25, 0.3) is 0 Å². The zero-order valence-corrected chi connectivity index (χ0v) is 15.6. The minimum Gasteiger partial charge on any atom is -0.507 e. The number of nitrogen functional groups attached to an aromatic ring is 1. The van der Waals surface area contributed by atoms with E-state index in [9.17, 15) is 9.90 Å². The van der Waals surface area contributed by atoms with Gasteiger partial charge in [-0.05, 0) is 31.2 Å². The molecule has 0 aliphatic rings. The number of phenols is 1. The molecule has 0 saturated carbocycles. The molecule has 0 spiro atoms. The number of carbonyl (C=O) groups excluding carboxylic acids is 1. The highest BCUT2D eigenvalue weighted by molar-refractivity contribution is 5.93. The van der Waals surface area contributed by atoms with Crippen LogP contribution >= 0.6 is 0 Å². The summed E-state index contributed by atoms with van der Waals surface area (Å²) in [6.45, 7) is 1.72. The number of para-hydroxylation sites is 2. The van der Waals surface area contributed by atoms with Crippen LogP contribution in [-0.4, -0.2) is 42.7 Å². The molecule has 0 saturated heterocycles. The molecule has 2 heterocycles. The molecule has 4 N–H and O–H groups in total. The Morgan fingerprint density at radius 2 is 1.93 bits per heavy atom. The molecule has 0 amide bonds. The van der Waals surface area contributed by atoms with Crippen molar-refractivity contribution >= 4 is 34.6 Å². The van der Waals surface area contributed by atoms with Crippen LogP contribution in [0.25, 0.3) is 17.0 Å². The Kier molecular flexibility index (Phi) is 4.43. The Hall–Kier alpha value is -4.21. The topological polar surface area (TPSA) is 141 Å². The fraction of sp³-hybridized carbons (Fsp3) is 0.105. The maximum absolute atomic E-state index is 11.7. The number of anilines is 3. The number of nitrogens with two attached hydrogens (primary N) is 1. The van der Waals surface area contributed by atoms with E-state index in [2.05, 4.69) is 30.0 Å². The van der Waals surface area contributed by atoms with Gasteiger partial charge in [-0.1, -0.05) is 12.1 Å². The molecule has 10 heteroatoms. The van der Waals surface area contributed by atoms with Crippen LogP contribution in [0.3, 0.4) is 0 Å². The number of ether oxygens (including phenoxy) is 1. The third-order valence-corrected chi connectivity index (χ3v) is 4.17. The van der Waals surface area contributed by atoms with Gasteiger partial charge < -0.3 is 20.9 Å². The minimum atomic E-state index is -0.627. The molecule has 0 aliphatic carbocycles. The molecule has 146 valence electrons. The summed E-state index contributed by atoms with van der Waals surface area (Å²) in [5.74, 6) is 0.429. The first-order valence-electron chi connectivity index (χ1n) is 8.60. The minimum absolute atomic E-state index is 0.0624. The van der Waals surface area contributed by atoms with Crippen LogP contribution in [0.5, 0.6) is 5.75 Å². The Morgan fingerprint density at radius 3 is 2.66 bits per heavy atom. The molecule has 0 radical (unpaired) electrons. The smallest absolute Gasteiger partial charge is 0.341 e. The summed E-state index contributed by atoms with van der Waals surface area (Å²) in [5, 5.41) is 13.3. The number of nitrogens with zero attached hydrogens (tertiary/aromatic N) is 5. The van der Waals surface area contributed by atoms with Gasteiger partial charge in [-0.15, -0.1) is 0 Å². The van der Waals surface area contributed by atoms with Crippen LogP contribution in [0.4, 0.5) is 17.6 Å². The molecule has 0 bridgehead atoms. The second kappa shape index (κ2) is 7.08. The van der Waals surface area contributed by atoms with E-state index in [0.29, 0.717) is 28.9 Å². The molecule has 2 aromatic heterocycles. The molecule has 0 aliphatic heterocycles. The highest BCUT2D eigenvalue weighted by Crippen LogP contribution is 2.28. The summed E-state index contributed by atoms with van der Waals surface area (Å²) >= 11 is 0. The van der Waals surface area contributed by atoms with Gasteiger partial charge in [0.05, 0.1) is 18.1 Å². The summed E-state index contributed by atoms with van der Waals surface area (Å²) < 4.78 is 6.34. The largest absolute Gasteiger partial charge is 0.507 e. The fourth-order valence-corrected chi connectivity index (χ4v) is 2.92. The van der Waals surface area contributed by atoms with E-state index >= 15 is 0 Å². The molecule has 0 fully saturated rings. The molecule has 10 nitrogen and oxygen atoms in total. The van der Waals surface area contributed by atoms with Crippen molar-refractivity contribution in [3.63, 3.8) is 0 Å². The van der Waals surface area contributed by atoms with Crippen molar-refractivity contribution in [3.05, 3.63) is 53.9 Å². The molecule has 2 aromatic carbocycles. The Labute approximate surface area is 165 Å². The Bertz CT molecular complexity index is 1220. The van der Waals surface area contributed by atoms with Crippen LogP contribution in [0.1, 0.15) is 16.2 Å². The number of aromatic hydroxyl groups is 1. The highest BCUT2D eigenvalue weighted by Gasteiger charge is 2.17. The van der Waals surface area contributed by atoms with Gasteiger partial charge in [-0.3, -0.25) is 0 Å². The molecular formula is C19H17N7O3. The molecule has 29 heavy (non-hydrogen) atoms. The lowest BCUT2D eigenvalue weighted by Crippen LogP contribution is -2.10. The van der Waals surface area contributed by atoms with E-state index < -0.39 is 5.97 Å². The van der Waals surface area contributed by atoms with Gasteiger partial charge >= 0.3 is 5.97 Å². The van der Waals surface area contributed by atoms with Gasteiger partial charge in [0, 0.05) is 11.8 Å². The molecule has 4 rings (SSSR count). The quantitative estimate of drug-likeness (QED) is 0.447. The van der Waals surface area contributed by atoms with Crippen LogP contribution < -0.4 is 11.1 Å². The lowest BCUT2D eigenvalue weighted by Gasteiger charge is -2.11. The Morgan fingerprint density at radius 1 is 1.14 bits per heavy atom. The number of carbonyl (C=O) groups is 1. The highest BCUT2D eigenvalue weighted by atomic mass is 16.5. The second-order valence-electron chi connectivity index (χ2n) is 6.15. The van der Waals surface area contributed by atoms with Crippen molar-refractivity contribution in [1.82, 2.24) is 24.5 Å². The van der Waals surface area contributed by atoms with Gasteiger partial charge in [0.15, 0.2) is 0 Å². The second-order valence-corrected chi connectivity index (χ2v) is 6.15. The number of hydrogen-bond acceptors (Lipinski definition) is 9. The number of rotatable bonds is 4. The lowest BCUT2D eigenvalue weighted by atomic mass is 10.2. The summed E-state index contributed by atoms with van der Waals surface area (Å²) in [5.41, 5.74) is 7.83. The van der Waals surface area contributed by atoms with Crippen LogP contribution in [0.2, 0.25) is 0 Å². The van der Waals surface area contributed by atoms with Crippen LogP contribution in [-0.2, 0) is 4.74 Å². The van der Waals surface area contributed by atoms with Crippen molar-refractivity contribution in [2.75, 3.05) is 18.2 Å². The third-order valence-electron chi connectivity index (χ3n) is 4.17. The molecule has 4 aromatic rings. The number of aryl methyl sites for hydroxylation is 1. The number of nitrogens with one attached hydrogen (secondary N) is 1. The first kappa shape index (κ1) is 18.2. The number of imidazole rings is 1. The van der Waals surface area contributed by atoms with E-state index in [1.165, 1.54) is 19.2 Å². The average Bonchev–Trinajstić information content (AvgIpc) is 3.04. The van der Waals surface area contributed by atoms with Crippen molar-refractivity contribution in [2.45, 2.75) is 6.92 Å². The van der Waals surface area contributed by atoms with Crippen molar-refractivity contribution in [3.8, 4) is 11.7 Å². The van der Waals surface area contributed by atoms with E-state index in [1.54, 1.807) is 17.6 Å². The first-order valence-corrected chi connectivity index (χ1v) is 8.60. The summed E-state index contributed by atoms with van der Waals surface area (Å²) in [7, 11) is 1.25. The van der Waals surface area contributed by atoms with Gasteiger partial charge in [0.1, 0.15) is 17.1 Å². The van der Waals surface area contributed by atoms with E-state index in [1.807, 2.05) is 24.3 Å². The zero-order valence-electron chi connectivity index (χ0n) is 15.6. The number of hydrogen-bond donors (Lipinski definition) is 3. The summed E-state index contributed by atoms with van der Waals surface area (Å²) in [6.07, 6.45) is 0. The monoisotopic (exact) mass is 391 g/mol. The SMILES string of the molecule is COC(=O)c1ccc(Nc2nc3ccccc3n2-c2nc(C)nc(N)n2)cc1O. The lowest BCUT2D eigenvalue weighted by molar-refractivity contribution is 0.0597. The van der Waals surface area contributed by atoms with Crippen LogP contribution in [0, 0.1) is 6.92 Å². The number of fused-ring (bicyclic) bond motifs is 1. The third kappa shape index (κ3) is 3.38. The van der Waals surface area contributed by atoms with E-state index in [0.717, 1.165) is 5.52 Å². The average molecular weight is 391 g/mol. The van der Waals surface area contributed by atoms with E-state index in [-0.39, 0.29) is 17.3 Å². The number of aromatic nitrogens is 5. The van der Waals surface area contributed by atoms with Crippen molar-refractivity contribution in [2.24, 2.45) is 0 Å². The number of benzene rings is 2. The maximum Gasteiger partial charge on any atom is 0.341 e. The van der Waals surface area contributed by atoms with Crippen molar-refractivity contribution in [1.29, 1.82) is 0 Å². The van der Waals surface area contributed by atoms with Crippen molar-refractivity contribution < 1.29 is 14.6 Å². The van der Waals surface area contributed by atoms with Gasteiger partial charge in [-0.2, -0.15) is 15.0 Å². The Balaban J connectivity index is 1.82. The van der Waals surface area contributed by atoms with Gasteiger partial charge in [-0.25, -0.2) is 14.3 Å². The molecule has 0 unspecified atom stereocenters. The number of esters is 1. The normalized spacial score (nSPS) is 10.8. The van der Waals surface area contributed by atoms with Crippen LogP contribution in [0.15, 0.2) is 42.5 Å². The summed E-state index contributed by atoms with van der Waals surface area (Å²) in [6, 6.07) is 12.0. The molecule has 0 atom stereocenters. The predicted octanol–water partition coefficient (Wildman–Crippen LogP) is 2.34. The fourth-order valence-electron chi connectivity index (χ4n) is 2.92. The maximum atomic E-state index is 11.7. The number of phenolic OH excluding ortho intramolecular Hbond substituents is 1. The predicted molar refractivity (Wildman–Crippen MR) is 106 cm³/mol. The molecular weight excluding hydrogens is 374 g/mol. The standard InChI is InChI=1S/C19H17N7O3/c1-10-21-17(20)25-18(22-10)26-14-6-4-3-5-13(14)24-19(26)23-11-7-8-12(15(27)9-11)16(28)29-2/h3-9,27H,1-2H3,(H,23,24)(H2,20,21,22,25). The van der Waals surface area contributed by atoms with E-state index in [4.69, 9.17) is 5.73 Å². The number of methoxy groups -OCH3 is 1.